The van der Waals surface area contributed by atoms with Gasteiger partial charge in [-0.1, -0.05) is 20.3 Å². The van der Waals surface area contributed by atoms with E-state index in [-0.39, 0.29) is 5.66 Å². The normalized spacial score (nSPS) is 13.1. The lowest BCUT2D eigenvalue weighted by atomic mass is 10.2. The molecule has 0 amide bonds. The van der Waals surface area contributed by atoms with E-state index in [1.165, 1.54) is 0 Å². The van der Waals surface area contributed by atoms with Crippen molar-refractivity contribution in [2.24, 2.45) is 0 Å². The van der Waals surface area contributed by atoms with Gasteiger partial charge in [-0.15, -0.1) is 0 Å². The van der Waals surface area contributed by atoms with Gasteiger partial charge in [0.25, 0.3) is 0 Å². The molecule has 0 spiro atoms. The van der Waals surface area contributed by atoms with Crippen LogP contribution in [0.2, 0.25) is 0 Å². The Morgan fingerprint density at radius 2 is 1.89 bits per heavy atom. The van der Waals surface area contributed by atoms with E-state index in [2.05, 4.69) is 0 Å². The number of hydrogen-bond acceptors (Lipinski definition) is 2. The van der Waals surface area contributed by atoms with Gasteiger partial charge in [-0.25, -0.2) is 9.13 Å². The molecule has 1 unspecified atom stereocenters. The average molecular weight is 148 g/mol. The zero-order valence-corrected chi connectivity index (χ0v) is 6.86. The maximum absolute atomic E-state index is 10.4. The topological polar surface area (TPSA) is 34.1 Å². The van der Waals surface area contributed by atoms with Gasteiger partial charge in [0.1, 0.15) is 0 Å². The highest BCUT2D eigenvalue weighted by Gasteiger charge is 2.09. The van der Waals surface area contributed by atoms with Gasteiger partial charge in [-0.2, -0.15) is 0 Å². The molecule has 9 heavy (non-hydrogen) atoms. The van der Waals surface area contributed by atoms with E-state index in [0.29, 0.717) is 0 Å². The van der Waals surface area contributed by atoms with Crippen LogP contribution in [-0.2, 0) is 9.13 Å². The van der Waals surface area contributed by atoms with E-state index < -0.39 is 7.68 Å². The molecule has 0 heterocycles. The second-order valence-electron chi connectivity index (χ2n) is 2.14. The summed E-state index contributed by atoms with van der Waals surface area (Å²) >= 11 is 0. The summed E-state index contributed by atoms with van der Waals surface area (Å²) in [7, 11) is -2.17. The Balaban J connectivity index is 3.68. The van der Waals surface area contributed by atoms with Crippen LogP contribution in [0.25, 0.3) is 0 Å². The molecule has 0 aliphatic heterocycles. The summed E-state index contributed by atoms with van der Waals surface area (Å²) < 4.78 is 20.7. The summed E-state index contributed by atoms with van der Waals surface area (Å²) in [5.74, 6) is 0. The van der Waals surface area contributed by atoms with Crippen LogP contribution in [0.5, 0.6) is 0 Å². The first kappa shape index (κ1) is 8.90. The predicted octanol–water partition coefficient (Wildman–Crippen LogP) is 2.74. The fourth-order valence-corrected chi connectivity index (χ4v) is 1.56. The van der Waals surface area contributed by atoms with E-state index in [1.807, 2.05) is 13.8 Å². The Kier molecular flexibility index (Phi) is 4.70. The first-order chi connectivity index (χ1) is 4.22. The highest BCUT2D eigenvalue weighted by atomic mass is 31.1. The molecule has 0 aliphatic carbocycles. The van der Waals surface area contributed by atoms with Crippen molar-refractivity contribution in [3.05, 3.63) is 0 Å². The SMILES string of the molecule is CCCC(CC)P(=O)=O. The Hall–Kier alpha value is -0.100. The molecule has 0 rings (SSSR count). The predicted molar refractivity (Wildman–Crippen MR) is 37.3 cm³/mol. The molecule has 0 bridgehead atoms. The quantitative estimate of drug-likeness (QED) is 0.574. The van der Waals surface area contributed by atoms with E-state index in [1.54, 1.807) is 0 Å². The molecule has 0 aromatic carbocycles. The van der Waals surface area contributed by atoms with Crippen LogP contribution in [0.15, 0.2) is 0 Å². The maximum Gasteiger partial charge on any atom is 0.318 e. The minimum absolute atomic E-state index is 0.0787. The van der Waals surface area contributed by atoms with Gasteiger partial charge in [-0.3, -0.25) is 0 Å². The molecule has 0 saturated carbocycles. The van der Waals surface area contributed by atoms with Crippen molar-refractivity contribution in [1.82, 2.24) is 0 Å². The molecule has 0 radical (unpaired) electrons. The second kappa shape index (κ2) is 4.75. The van der Waals surface area contributed by atoms with Crippen molar-refractivity contribution in [2.75, 3.05) is 0 Å². The van der Waals surface area contributed by atoms with Crippen LogP contribution in [0.1, 0.15) is 33.1 Å². The zero-order chi connectivity index (χ0) is 7.28. The van der Waals surface area contributed by atoms with Gasteiger partial charge in [0.2, 0.25) is 0 Å². The summed E-state index contributed by atoms with van der Waals surface area (Å²) in [6.45, 7) is 3.91. The first-order valence-electron chi connectivity index (χ1n) is 3.35. The van der Waals surface area contributed by atoms with Crippen LogP contribution < -0.4 is 0 Å². The molecule has 0 saturated heterocycles. The summed E-state index contributed by atoms with van der Waals surface area (Å²) in [5.41, 5.74) is -0.0787. The van der Waals surface area contributed by atoms with E-state index >= 15 is 0 Å². The molecule has 0 aliphatic rings. The van der Waals surface area contributed by atoms with Gasteiger partial charge >= 0.3 is 7.68 Å². The van der Waals surface area contributed by atoms with Gasteiger partial charge in [0, 0.05) is 0 Å². The highest BCUT2D eigenvalue weighted by molar-refractivity contribution is 7.31. The van der Waals surface area contributed by atoms with E-state index in [9.17, 15) is 9.13 Å². The van der Waals surface area contributed by atoms with Crippen LogP contribution in [0.3, 0.4) is 0 Å². The Labute approximate surface area is 56.5 Å². The average Bonchev–Trinajstić information content (AvgIpc) is 1.82. The molecule has 2 nitrogen and oxygen atoms in total. The van der Waals surface area contributed by atoms with Crippen molar-refractivity contribution in [3.8, 4) is 0 Å². The Morgan fingerprint density at radius 3 is 2.00 bits per heavy atom. The minimum atomic E-state index is -2.17. The van der Waals surface area contributed by atoms with Crippen molar-refractivity contribution >= 4 is 7.68 Å². The molecular weight excluding hydrogens is 135 g/mol. The molecule has 0 fully saturated rings. The molecular formula is C6H13O2P. The number of hydrogen-bond donors (Lipinski definition) is 0. The fourth-order valence-electron chi connectivity index (χ4n) is 0.792. The summed E-state index contributed by atoms with van der Waals surface area (Å²) in [4.78, 5) is 0. The van der Waals surface area contributed by atoms with Crippen LogP contribution in [0.4, 0.5) is 0 Å². The lowest BCUT2D eigenvalue weighted by Crippen LogP contribution is -1.95. The molecule has 1 atom stereocenters. The van der Waals surface area contributed by atoms with Gasteiger partial charge in [0.15, 0.2) is 0 Å². The number of rotatable bonds is 4. The highest BCUT2D eigenvalue weighted by Crippen LogP contribution is 2.21. The second-order valence-corrected chi connectivity index (χ2v) is 3.44. The maximum atomic E-state index is 10.4. The fraction of sp³-hybridized carbons (Fsp3) is 1.00. The third-order valence-electron chi connectivity index (χ3n) is 1.39. The molecule has 0 aromatic heterocycles. The summed E-state index contributed by atoms with van der Waals surface area (Å²) in [6.07, 6.45) is 2.53. The lowest BCUT2D eigenvalue weighted by Gasteiger charge is -1.99. The zero-order valence-electron chi connectivity index (χ0n) is 5.96. The largest absolute Gasteiger partial charge is 0.318 e. The summed E-state index contributed by atoms with van der Waals surface area (Å²) in [6, 6.07) is 0. The Morgan fingerprint density at radius 1 is 1.33 bits per heavy atom. The first-order valence-corrected chi connectivity index (χ1v) is 4.60. The van der Waals surface area contributed by atoms with Crippen molar-refractivity contribution in [1.29, 1.82) is 0 Å². The smallest absolute Gasteiger partial charge is 0.237 e. The van der Waals surface area contributed by atoms with Gasteiger partial charge < -0.3 is 0 Å². The molecule has 0 aromatic rings. The van der Waals surface area contributed by atoms with E-state index in [4.69, 9.17) is 0 Å². The van der Waals surface area contributed by atoms with Crippen molar-refractivity contribution in [3.63, 3.8) is 0 Å². The van der Waals surface area contributed by atoms with E-state index in [0.717, 1.165) is 19.3 Å². The third-order valence-corrected chi connectivity index (χ3v) is 2.61. The van der Waals surface area contributed by atoms with Gasteiger partial charge in [-0.05, 0) is 12.8 Å². The Bertz CT molecular complexity index is 121. The lowest BCUT2D eigenvalue weighted by molar-refractivity contribution is 0.496. The van der Waals surface area contributed by atoms with Crippen LogP contribution in [-0.4, -0.2) is 5.66 Å². The molecule has 3 heteroatoms. The monoisotopic (exact) mass is 148 g/mol. The molecule has 54 valence electrons. The van der Waals surface area contributed by atoms with Crippen molar-refractivity contribution in [2.45, 2.75) is 38.8 Å². The summed E-state index contributed by atoms with van der Waals surface area (Å²) in [5, 5.41) is 0. The minimum Gasteiger partial charge on any atom is -0.237 e. The standard InChI is InChI=1S/C6H13O2P/c1-3-5-6(4-2)9(7)8/h6H,3-5H2,1-2H3. The van der Waals surface area contributed by atoms with Crippen molar-refractivity contribution < 1.29 is 9.13 Å². The third kappa shape index (κ3) is 3.47. The van der Waals surface area contributed by atoms with Crippen LogP contribution >= 0.6 is 7.68 Å². The molecule has 0 N–H and O–H groups in total. The van der Waals surface area contributed by atoms with Gasteiger partial charge in [0.05, 0.1) is 5.66 Å². The van der Waals surface area contributed by atoms with Crippen LogP contribution in [0, 0.1) is 0 Å².